The number of nitrogens with one attached hydrogen (secondary N) is 1. The summed E-state index contributed by atoms with van der Waals surface area (Å²) >= 11 is 5.97. The predicted octanol–water partition coefficient (Wildman–Crippen LogP) is 5.33. The molecule has 162 valence electrons. The van der Waals surface area contributed by atoms with E-state index >= 15 is 0 Å². The summed E-state index contributed by atoms with van der Waals surface area (Å²) in [4.78, 5) is 29.3. The van der Waals surface area contributed by atoms with Crippen molar-refractivity contribution in [2.75, 3.05) is 29.9 Å². The molecule has 32 heavy (non-hydrogen) atoms. The van der Waals surface area contributed by atoms with Gasteiger partial charge in [0, 0.05) is 29.4 Å². The molecule has 6 nitrogen and oxygen atoms in total. The molecule has 7 heteroatoms. The largest absolute Gasteiger partial charge is 0.439 e. The van der Waals surface area contributed by atoms with E-state index in [9.17, 15) is 9.59 Å². The molecule has 0 radical (unpaired) electrons. The quantitative estimate of drug-likeness (QED) is 0.587. The highest BCUT2D eigenvalue weighted by Crippen LogP contribution is 2.36. The van der Waals surface area contributed by atoms with Gasteiger partial charge >= 0.3 is 6.09 Å². The summed E-state index contributed by atoms with van der Waals surface area (Å²) < 4.78 is 5.79. The number of rotatable bonds is 4. The summed E-state index contributed by atoms with van der Waals surface area (Å²) in [6.45, 7) is 1.29. The van der Waals surface area contributed by atoms with Crippen LogP contribution in [-0.2, 0) is 4.74 Å². The number of likely N-dealkylation sites (tertiary alicyclic amines) is 1. The van der Waals surface area contributed by atoms with Crippen molar-refractivity contribution >= 4 is 40.7 Å². The number of halogens is 1. The summed E-state index contributed by atoms with van der Waals surface area (Å²) in [5, 5.41) is 3.93. The topological polar surface area (TPSA) is 61.9 Å². The lowest BCUT2D eigenvalue weighted by atomic mass is 10.0. The van der Waals surface area contributed by atoms with Crippen molar-refractivity contribution in [3.63, 3.8) is 0 Å². The highest BCUT2D eigenvalue weighted by molar-refractivity contribution is 6.30. The molecule has 1 unspecified atom stereocenters. The number of para-hydroxylation sites is 2. The maximum Gasteiger partial charge on any atom is 0.415 e. The Hall–Kier alpha value is -3.51. The molecule has 0 aliphatic carbocycles. The van der Waals surface area contributed by atoms with Crippen LogP contribution >= 0.6 is 11.6 Å². The van der Waals surface area contributed by atoms with Gasteiger partial charge in [-0.05, 0) is 48.5 Å². The maximum atomic E-state index is 13.4. The van der Waals surface area contributed by atoms with E-state index in [-0.39, 0.29) is 5.91 Å². The number of carbonyl (C=O) groups is 2. The van der Waals surface area contributed by atoms with Crippen molar-refractivity contribution in [1.82, 2.24) is 4.90 Å². The molecule has 1 atom stereocenters. The number of amides is 2. The second-order valence-corrected chi connectivity index (χ2v) is 8.56. The third-order valence-corrected chi connectivity index (χ3v) is 6.17. The SMILES string of the molecule is O=C(c1ccccc1Nc1ccccc1)N1CCC2(C1)CN(c1ccc(Cl)cc1)C(=O)O2. The number of nitrogens with zero attached hydrogens (tertiary/aromatic N) is 2. The van der Waals surface area contributed by atoms with Gasteiger partial charge in [-0.15, -0.1) is 0 Å². The molecule has 3 aromatic carbocycles. The zero-order valence-electron chi connectivity index (χ0n) is 17.3. The Morgan fingerprint density at radius 3 is 2.44 bits per heavy atom. The van der Waals surface area contributed by atoms with Gasteiger partial charge in [0.2, 0.25) is 0 Å². The second-order valence-electron chi connectivity index (χ2n) is 8.13. The average Bonchev–Trinajstić information content (AvgIpc) is 3.37. The molecule has 1 spiro atoms. The minimum Gasteiger partial charge on any atom is -0.439 e. The van der Waals surface area contributed by atoms with Gasteiger partial charge in [-0.25, -0.2) is 4.79 Å². The molecule has 2 aliphatic heterocycles. The van der Waals surface area contributed by atoms with Gasteiger partial charge in [0.05, 0.1) is 24.3 Å². The van der Waals surface area contributed by atoms with E-state index in [1.54, 1.807) is 34.1 Å². The molecule has 2 saturated heterocycles. The Labute approximate surface area is 191 Å². The molecule has 0 saturated carbocycles. The van der Waals surface area contributed by atoms with Crippen LogP contribution in [0.3, 0.4) is 0 Å². The molecule has 3 aromatic rings. The minimum atomic E-state index is -0.700. The third kappa shape index (κ3) is 3.89. The van der Waals surface area contributed by atoms with Gasteiger partial charge in [-0.1, -0.05) is 41.9 Å². The Morgan fingerprint density at radius 2 is 1.66 bits per heavy atom. The maximum absolute atomic E-state index is 13.4. The Kier molecular flexibility index (Phi) is 5.23. The summed E-state index contributed by atoms with van der Waals surface area (Å²) in [6, 6.07) is 24.3. The molecule has 1 N–H and O–H groups in total. The molecule has 2 aliphatic rings. The highest BCUT2D eigenvalue weighted by atomic mass is 35.5. The van der Waals surface area contributed by atoms with Crippen molar-refractivity contribution in [2.24, 2.45) is 0 Å². The molecular weight excluding hydrogens is 426 g/mol. The van der Waals surface area contributed by atoms with Crippen LogP contribution in [0.25, 0.3) is 0 Å². The van der Waals surface area contributed by atoms with Crippen molar-refractivity contribution in [3.05, 3.63) is 89.4 Å². The van der Waals surface area contributed by atoms with E-state index < -0.39 is 11.7 Å². The number of carbonyl (C=O) groups excluding carboxylic acids is 2. The molecule has 0 bridgehead atoms. The van der Waals surface area contributed by atoms with Gasteiger partial charge in [-0.3, -0.25) is 9.69 Å². The molecule has 5 rings (SSSR count). The lowest BCUT2D eigenvalue weighted by molar-refractivity contribution is 0.0554. The number of benzene rings is 3. The van der Waals surface area contributed by atoms with Gasteiger partial charge in [-0.2, -0.15) is 0 Å². The summed E-state index contributed by atoms with van der Waals surface area (Å²) in [5.41, 5.74) is 2.28. The van der Waals surface area contributed by atoms with Crippen LogP contribution in [0, 0.1) is 0 Å². The smallest absolute Gasteiger partial charge is 0.415 e. The van der Waals surface area contributed by atoms with Crippen LogP contribution in [0.2, 0.25) is 5.02 Å². The van der Waals surface area contributed by atoms with Crippen LogP contribution in [-0.4, -0.2) is 42.1 Å². The fourth-order valence-corrected chi connectivity index (χ4v) is 4.43. The summed E-state index contributed by atoms with van der Waals surface area (Å²) in [7, 11) is 0. The standard InChI is InChI=1S/C25H22ClN3O3/c26-18-10-12-20(13-11-18)29-17-25(32-24(29)31)14-15-28(16-25)23(30)21-8-4-5-9-22(21)27-19-6-2-1-3-7-19/h1-13,27H,14-17H2. The zero-order chi connectivity index (χ0) is 22.1. The Balaban J connectivity index is 1.32. The lowest BCUT2D eigenvalue weighted by Crippen LogP contribution is -2.39. The molecule has 2 fully saturated rings. The zero-order valence-corrected chi connectivity index (χ0v) is 18.1. The van der Waals surface area contributed by atoms with E-state index in [1.807, 2.05) is 54.6 Å². The average molecular weight is 448 g/mol. The van der Waals surface area contributed by atoms with Crippen molar-refractivity contribution < 1.29 is 14.3 Å². The molecule has 0 aromatic heterocycles. The summed E-state index contributed by atoms with van der Waals surface area (Å²) in [5.74, 6) is -0.0816. The van der Waals surface area contributed by atoms with Crippen molar-refractivity contribution in [1.29, 1.82) is 0 Å². The van der Waals surface area contributed by atoms with E-state index in [2.05, 4.69) is 5.32 Å². The summed E-state index contributed by atoms with van der Waals surface area (Å²) in [6.07, 6.45) is 0.204. The first-order chi connectivity index (χ1) is 15.5. The Bertz CT molecular complexity index is 1150. The van der Waals surface area contributed by atoms with Crippen LogP contribution in [0.4, 0.5) is 21.9 Å². The van der Waals surface area contributed by atoms with Crippen LogP contribution in [0.5, 0.6) is 0 Å². The number of hydrogen-bond acceptors (Lipinski definition) is 4. The fourth-order valence-electron chi connectivity index (χ4n) is 4.30. The van der Waals surface area contributed by atoms with Gasteiger partial charge < -0.3 is 15.0 Å². The monoisotopic (exact) mass is 447 g/mol. The van der Waals surface area contributed by atoms with Gasteiger partial charge in [0.15, 0.2) is 5.60 Å². The van der Waals surface area contributed by atoms with Crippen LogP contribution < -0.4 is 10.2 Å². The van der Waals surface area contributed by atoms with E-state index in [1.165, 1.54) is 0 Å². The fraction of sp³-hybridized carbons (Fsp3) is 0.200. The van der Waals surface area contributed by atoms with Crippen LogP contribution in [0.1, 0.15) is 16.8 Å². The normalized spacial score (nSPS) is 20.0. The minimum absolute atomic E-state index is 0.0816. The Morgan fingerprint density at radius 1 is 0.938 bits per heavy atom. The first-order valence-corrected chi connectivity index (χ1v) is 10.9. The molecule has 2 heterocycles. The highest BCUT2D eigenvalue weighted by Gasteiger charge is 2.51. The molecular formula is C25H22ClN3O3. The number of anilines is 3. The predicted molar refractivity (Wildman–Crippen MR) is 125 cm³/mol. The van der Waals surface area contributed by atoms with E-state index in [0.29, 0.717) is 36.6 Å². The number of hydrogen-bond donors (Lipinski definition) is 1. The van der Waals surface area contributed by atoms with E-state index in [4.69, 9.17) is 16.3 Å². The van der Waals surface area contributed by atoms with E-state index in [0.717, 1.165) is 17.1 Å². The van der Waals surface area contributed by atoms with Crippen molar-refractivity contribution in [2.45, 2.75) is 12.0 Å². The first-order valence-electron chi connectivity index (χ1n) is 10.5. The lowest BCUT2D eigenvalue weighted by Gasteiger charge is -2.23. The second kappa shape index (κ2) is 8.20. The van der Waals surface area contributed by atoms with Crippen LogP contribution in [0.15, 0.2) is 78.9 Å². The first kappa shape index (κ1) is 20.4. The number of ether oxygens (including phenoxy) is 1. The van der Waals surface area contributed by atoms with Crippen molar-refractivity contribution in [3.8, 4) is 0 Å². The third-order valence-electron chi connectivity index (χ3n) is 5.92. The van der Waals surface area contributed by atoms with Gasteiger partial charge in [0.1, 0.15) is 0 Å². The van der Waals surface area contributed by atoms with Gasteiger partial charge in [0.25, 0.3) is 5.91 Å². The molecule has 2 amide bonds.